The highest BCUT2D eigenvalue weighted by Crippen LogP contribution is 2.40. The molecular weight excluding hydrogens is 960 g/mol. The molecule has 384 valence electrons. The van der Waals surface area contributed by atoms with Crippen LogP contribution in [0.4, 0.5) is 30.5 Å². The number of alkyl halides is 3. The van der Waals surface area contributed by atoms with Crippen LogP contribution in [0.5, 0.6) is 0 Å². The molecule has 5 aliphatic rings. The molecule has 2 bridgehead atoms. The van der Waals surface area contributed by atoms with Crippen LogP contribution in [0.25, 0.3) is 28.2 Å². The first-order valence-electron chi connectivity index (χ1n) is 25.1. The summed E-state index contributed by atoms with van der Waals surface area (Å²) in [7, 11) is 0. The van der Waals surface area contributed by atoms with Gasteiger partial charge < -0.3 is 26.2 Å². The minimum Gasteiger partial charge on any atom is -0.383 e. The molecule has 0 radical (unpaired) electrons. The molecule has 1 unspecified atom stereocenters. The van der Waals surface area contributed by atoms with Gasteiger partial charge in [-0.05, 0) is 106 Å². The second-order valence-corrected chi connectivity index (χ2v) is 19.6. The molecule has 4 aliphatic heterocycles. The summed E-state index contributed by atoms with van der Waals surface area (Å²) in [5, 5.41) is 13.6. The van der Waals surface area contributed by atoms with E-state index in [0.29, 0.717) is 62.0 Å². The first-order valence-corrected chi connectivity index (χ1v) is 25.1. The molecule has 5 aromatic rings. The highest BCUT2D eigenvalue weighted by Gasteiger charge is 2.45. The van der Waals surface area contributed by atoms with Gasteiger partial charge in [0.15, 0.2) is 0 Å². The van der Waals surface area contributed by atoms with Crippen molar-refractivity contribution in [2.75, 3.05) is 42.1 Å². The Morgan fingerprint density at radius 2 is 1.62 bits per heavy atom. The third kappa shape index (κ3) is 10.2. The van der Waals surface area contributed by atoms with E-state index in [1.54, 1.807) is 47.5 Å². The zero-order valence-corrected chi connectivity index (χ0v) is 40.3. The fraction of sp³-hybridized carbons (Fsp3) is 0.396. The Kier molecular flexibility index (Phi) is 13.7. The molecule has 21 heteroatoms. The minimum absolute atomic E-state index is 0.0341. The van der Waals surface area contributed by atoms with Crippen LogP contribution in [-0.2, 0) is 25.4 Å². The maximum atomic E-state index is 14.0. The van der Waals surface area contributed by atoms with Crippen molar-refractivity contribution < 1.29 is 46.7 Å². The summed E-state index contributed by atoms with van der Waals surface area (Å²) in [6.45, 7) is 2.01. The van der Waals surface area contributed by atoms with Crippen molar-refractivity contribution in [3.8, 4) is 11.3 Å². The van der Waals surface area contributed by atoms with E-state index in [2.05, 4.69) is 30.8 Å². The SMILES string of the molecule is Nc1ncc2c3c1c(-c1ccc(C(=O)Nc4cc(C(F)(F)F)ccn4)cc1)nn3[C@@H]1CCC[C@H](C1)NC(=O)CCN(C(=O)CCC1CCN(c3ccc4c(c3)C(=O)N(C3CCC(=O)NC3=O)C4=O)CC1)CC/C=C/2. The van der Waals surface area contributed by atoms with Gasteiger partial charge in [0.1, 0.15) is 23.4 Å². The third-order valence-corrected chi connectivity index (χ3v) is 14.9. The van der Waals surface area contributed by atoms with E-state index in [-0.39, 0.29) is 83.9 Å². The molecule has 2 aromatic carbocycles. The number of nitrogens with zero attached hydrogens (tertiary/aromatic N) is 7. The fourth-order valence-corrected chi connectivity index (χ4v) is 10.9. The van der Waals surface area contributed by atoms with E-state index in [0.717, 1.165) is 72.1 Å². The summed E-state index contributed by atoms with van der Waals surface area (Å²) in [5.74, 6) is -2.73. The number of carbonyl (C=O) groups is 7. The summed E-state index contributed by atoms with van der Waals surface area (Å²) < 4.78 is 41.9. The zero-order valence-electron chi connectivity index (χ0n) is 40.3. The van der Waals surface area contributed by atoms with Crippen molar-refractivity contribution in [2.45, 2.75) is 101 Å². The summed E-state index contributed by atoms with van der Waals surface area (Å²) in [6.07, 6.45) is 8.37. The Balaban J connectivity index is 0.803. The Morgan fingerprint density at radius 3 is 2.39 bits per heavy atom. The average Bonchev–Trinajstić information content (AvgIpc) is 3.92. The number of nitrogens with one attached hydrogen (secondary N) is 3. The molecule has 1 aliphatic carbocycles. The van der Waals surface area contributed by atoms with Crippen molar-refractivity contribution in [3.63, 3.8) is 0 Å². The second kappa shape index (κ2) is 20.5. The van der Waals surface area contributed by atoms with E-state index in [4.69, 9.17) is 10.8 Å². The molecule has 7 amide bonds. The van der Waals surface area contributed by atoms with Gasteiger partial charge in [-0.25, -0.2) is 9.97 Å². The zero-order chi connectivity index (χ0) is 51.8. The number of aromatic nitrogens is 4. The smallest absolute Gasteiger partial charge is 0.383 e. The number of hydrogen-bond donors (Lipinski definition) is 4. The van der Waals surface area contributed by atoms with Crippen molar-refractivity contribution in [1.29, 1.82) is 0 Å². The molecule has 5 N–H and O–H groups in total. The number of rotatable bonds is 8. The van der Waals surface area contributed by atoms with Gasteiger partial charge in [0, 0.05) is 86.3 Å². The number of amides is 7. The summed E-state index contributed by atoms with van der Waals surface area (Å²) in [6, 6.07) is 11.9. The van der Waals surface area contributed by atoms with E-state index in [9.17, 15) is 46.7 Å². The molecule has 10 rings (SSSR count). The molecule has 0 spiro atoms. The quantitative estimate of drug-likeness (QED) is 0.119. The number of fused-ring (bicyclic) bond motifs is 4. The van der Waals surface area contributed by atoms with Crippen molar-refractivity contribution in [1.82, 2.24) is 40.2 Å². The maximum Gasteiger partial charge on any atom is 0.416 e. The molecule has 3 aromatic heterocycles. The van der Waals surface area contributed by atoms with E-state index in [1.165, 1.54) is 0 Å². The number of anilines is 3. The van der Waals surface area contributed by atoms with Gasteiger partial charge in [-0.2, -0.15) is 18.3 Å². The number of nitrogens with two attached hydrogens (primary N) is 1. The monoisotopic (exact) mass is 1010 g/mol. The summed E-state index contributed by atoms with van der Waals surface area (Å²) in [5.41, 5.74) is 9.80. The number of halogens is 3. The Bertz CT molecular complexity index is 3110. The number of piperidine rings is 2. The van der Waals surface area contributed by atoms with Crippen LogP contribution in [0.15, 0.2) is 73.1 Å². The number of pyridine rings is 2. The van der Waals surface area contributed by atoms with Crippen molar-refractivity contribution >= 4 is 75.7 Å². The molecule has 3 fully saturated rings. The van der Waals surface area contributed by atoms with Gasteiger partial charge in [-0.1, -0.05) is 24.3 Å². The summed E-state index contributed by atoms with van der Waals surface area (Å²) in [4.78, 5) is 105. The molecule has 74 heavy (non-hydrogen) atoms. The molecule has 1 saturated carbocycles. The number of benzene rings is 2. The standard InChI is InChI=1S/C53H54F3N11O7/c54-53(55,56)34-17-21-58-41(26-34)61-49(71)32-10-8-31(9-11-32)46-45-47-33(29-59-48(45)57)4-1-2-22-65(25-20-43(69)60-35-5-3-6-37(27-35)67(47)63-46)44(70)16-7-30-18-23-64(24-19-30)36-12-13-38-39(28-36)52(74)66(51(38)73)40-14-15-42(68)62-50(40)72/h1,4,8-13,17,21,26,28-30,35,37,40H,2-3,5-7,14-16,18-20,22-25,27H2,(H2,57,59)(H,60,69)(H,58,61,71)(H,62,68,72)/b4-1+/t35-,37-,40?/m1/s1. The largest absolute Gasteiger partial charge is 0.416 e. The van der Waals surface area contributed by atoms with Crippen LogP contribution in [0.3, 0.4) is 0 Å². The van der Waals surface area contributed by atoms with Gasteiger partial charge >= 0.3 is 6.18 Å². The minimum atomic E-state index is -4.60. The van der Waals surface area contributed by atoms with Crippen LogP contribution in [-0.4, -0.2) is 109 Å². The molecule has 7 heterocycles. The van der Waals surface area contributed by atoms with E-state index >= 15 is 0 Å². The highest BCUT2D eigenvalue weighted by atomic mass is 19.4. The Morgan fingerprint density at radius 1 is 0.838 bits per heavy atom. The van der Waals surface area contributed by atoms with Crippen LogP contribution < -0.4 is 26.6 Å². The number of carbonyl (C=O) groups excluding carboxylic acids is 7. The van der Waals surface area contributed by atoms with Gasteiger partial charge in [-0.15, -0.1) is 0 Å². The third-order valence-electron chi connectivity index (χ3n) is 14.9. The van der Waals surface area contributed by atoms with E-state index in [1.807, 2.05) is 22.9 Å². The predicted molar refractivity (Wildman–Crippen MR) is 266 cm³/mol. The maximum absolute atomic E-state index is 14.0. The highest BCUT2D eigenvalue weighted by molar-refractivity contribution is 6.23. The molecule has 3 atom stereocenters. The van der Waals surface area contributed by atoms with Crippen LogP contribution >= 0.6 is 0 Å². The fourth-order valence-electron chi connectivity index (χ4n) is 10.9. The number of hydrogen-bond acceptors (Lipinski definition) is 12. The lowest BCUT2D eigenvalue weighted by Crippen LogP contribution is -2.54. The van der Waals surface area contributed by atoms with Crippen LogP contribution in [0.1, 0.15) is 125 Å². The topological polar surface area (TPSA) is 235 Å². The number of nitrogen functional groups attached to an aromatic ring is 1. The van der Waals surface area contributed by atoms with E-state index < -0.39 is 47.3 Å². The Hall–Kier alpha value is -7.97. The molecule has 2 saturated heterocycles. The first-order chi connectivity index (χ1) is 35.6. The van der Waals surface area contributed by atoms with Crippen LogP contribution in [0, 0.1) is 5.92 Å². The van der Waals surface area contributed by atoms with Gasteiger partial charge in [-0.3, -0.25) is 48.5 Å². The second-order valence-electron chi connectivity index (χ2n) is 19.6. The number of imide groups is 2. The van der Waals surface area contributed by atoms with Crippen molar-refractivity contribution in [3.05, 3.63) is 101 Å². The van der Waals surface area contributed by atoms with Gasteiger partial charge in [0.25, 0.3) is 17.7 Å². The lowest BCUT2D eigenvalue weighted by atomic mass is 9.90. The normalized spacial score (nSPS) is 21.4. The lowest BCUT2D eigenvalue weighted by molar-refractivity contribution is -0.138. The summed E-state index contributed by atoms with van der Waals surface area (Å²) >= 11 is 0. The average molecular weight is 1010 g/mol. The predicted octanol–water partition coefficient (Wildman–Crippen LogP) is 6.68. The van der Waals surface area contributed by atoms with Gasteiger partial charge in [0.05, 0.1) is 33.6 Å². The Labute approximate surface area is 422 Å². The first kappa shape index (κ1) is 49.6. The van der Waals surface area contributed by atoms with Gasteiger partial charge in [0.2, 0.25) is 23.6 Å². The molecular formula is C53H54F3N11O7. The van der Waals surface area contributed by atoms with Crippen LogP contribution in [0.2, 0.25) is 0 Å². The lowest BCUT2D eigenvalue weighted by Gasteiger charge is -2.34. The van der Waals surface area contributed by atoms with Crippen molar-refractivity contribution in [2.24, 2.45) is 5.92 Å². The molecule has 18 nitrogen and oxygen atoms in total.